The van der Waals surface area contributed by atoms with Crippen LogP contribution in [0.15, 0.2) is 53.9 Å². The highest BCUT2D eigenvalue weighted by atomic mass is 35.5. The van der Waals surface area contributed by atoms with Crippen molar-refractivity contribution in [2.45, 2.75) is 25.4 Å². The minimum Gasteiger partial charge on any atom is -0.467 e. The summed E-state index contributed by atoms with van der Waals surface area (Å²) < 4.78 is 4.95. The van der Waals surface area contributed by atoms with Gasteiger partial charge in [-0.25, -0.2) is 9.78 Å². The molecule has 0 saturated carbocycles. The van der Waals surface area contributed by atoms with Crippen LogP contribution in [0.25, 0.3) is 10.6 Å². The Morgan fingerprint density at radius 1 is 1.17 bits per heavy atom. The predicted molar refractivity (Wildman–Crippen MR) is 113 cm³/mol. The van der Waals surface area contributed by atoms with Crippen molar-refractivity contribution in [3.63, 3.8) is 0 Å². The molecule has 4 rings (SSSR count). The van der Waals surface area contributed by atoms with E-state index in [4.69, 9.17) is 16.3 Å². The predicted octanol–water partition coefficient (Wildman–Crippen LogP) is 4.13. The molecule has 3 aromatic rings. The summed E-state index contributed by atoms with van der Waals surface area (Å²) in [5.41, 5.74) is 3.63. The van der Waals surface area contributed by atoms with Gasteiger partial charge in [-0.1, -0.05) is 54.1 Å². The molecule has 7 heteroatoms. The van der Waals surface area contributed by atoms with Crippen molar-refractivity contribution >= 4 is 34.8 Å². The molecule has 2 aromatic carbocycles. The molecule has 1 amide bonds. The van der Waals surface area contributed by atoms with Crippen LogP contribution in [0.1, 0.15) is 16.8 Å². The van der Waals surface area contributed by atoms with Gasteiger partial charge in [0.25, 0.3) is 0 Å². The fourth-order valence-electron chi connectivity index (χ4n) is 3.53. The smallest absolute Gasteiger partial charge is 0.328 e. The molecule has 148 valence electrons. The lowest BCUT2D eigenvalue weighted by molar-refractivity contribution is -0.153. The number of carbonyl (C=O) groups excluding carboxylic acids is 2. The summed E-state index contributed by atoms with van der Waals surface area (Å²) >= 11 is 7.70. The Morgan fingerprint density at radius 2 is 1.90 bits per heavy atom. The summed E-state index contributed by atoms with van der Waals surface area (Å²) in [6.07, 6.45) is 0.577. The van der Waals surface area contributed by atoms with Gasteiger partial charge in [0, 0.05) is 23.9 Å². The Balaban J connectivity index is 1.56. The first-order valence-electron chi connectivity index (χ1n) is 9.20. The Kier molecular flexibility index (Phi) is 5.65. The molecule has 0 N–H and O–H groups in total. The average molecular weight is 427 g/mol. The Morgan fingerprint density at radius 3 is 2.66 bits per heavy atom. The number of fused-ring (bicyclic) bond motifs is 1. The minimum absolute atomic E-state index is 0.122. The number of carbonyl (C=O) groups is 2. The highest BCUT2D eigenvalue weighted by molar-refractivity contribution is 7.13. The first kappa shape index (κ1) is 19.6. The molecule has 1 atom stereocenters. The molecule has 0 saturated heterocycles. The molecule has 1 aliphatic rings. The molecule has 1 unspecified atom stereocenters. The molecular weight excluding hydrogens is 408 g/mol. The van der Waals surface area contributed by atoms with Crippen LogP contribution < -0.4 is 0 Å². The Hall–Kier alpha value is -2.70. The maximum atomic E-state index is 13.1. The fraction of sp³-hybridized carbons (Fsp3) is 0.227. The standard InChI is InChI=1S/C22H19ClN2O3S/c1-28-22(27)19-10-14-6-2-3-7-15(14)12-25(19)20(26)11-16-13-29-21(24-16)17-8-4-5-9-18(17)23/h2-9,13,19H,10-12H2,1H3. The molecule has 1 aliphatic heterocycles. The number of aromatic nitrogens is 1. The zero-order valence-electron chi connectivity index (χ0n) is 15.8. The van der Waals surface area contributed by atoms with Crippen LogP contribution in [0.4, 0.5) is 0 Å². The molecule has 0 fully saturated rings. The number of hydrogen-bond donors (Lipinski definition) is 0. The van der Waals surface area contributed by atoms with E-state index in [1.165, 1.54) is 18.4 Å². The zero-order chi connectivity index (χ0) is 20.4. The van der Waals surface area contributed by atoms with Crippen molar-refractivity contribution < 1.29 is 14.3 Å². The van der Waals surface area contributed by atoms with E-state index in [1.807, 2.05) is 53.9 Å². The van der Waals surface area contributed by atoms with Gasteiger partial charge in [-0.2, -0.15) is 0 Å². The molecular formula is C22H19ClN2O3S. The van der Waals surface area contributed by atoms with Gasteiger partial charge in [-0.3, -0.25) is 4.79 Å². The van der Waals surface area contributed by atoms with Crippen molar-refractivity contribution in [1.29, 1.82) is 0 Å². The number of benzene rings is 2. The van der Waals surface area contributed by atoms with Gasteiger partial charge in [-0.05, 0) is 17.2 Å². The van der Waals surface area contributed by atoms with E-state index >= 15 is 0 Å². The fourth-order valence-corrected chi connectivity index (χ4v) is 4.67. The first-order chi connectivity index (χ1) is 14.1. The van der Waals surface area contributed by atoms with E-state index in [2.05, 4.69) is 4.98 Å². The highest BCUT2D eigenvalue weighted by Gasteiger charge is 2.35. The SMILES string of the molecule is COC(=O)C1Cc2ccccc2CN1C(=O)Cc1csc(-c2ccccc2Cl)n1. The number of amides is 1. The van der Waals surface area contributed by atoms with E-state index in [0.717, 1.165) is 21.7 Å². The van der Waals surface area contributed by atoms with Gasteiger partial charge in [-0.15, -0.1) is 11.3 Å². The van der Waals surface area contributed by atoms with Crippen LogP contribution in [0.3, 0.4) is 0 Å². The van der Waals surface area contributed by atoms with Gasteiger partial charge >= 0.3 is 5.97 Å². The molecule has 0 bridgehead atoms. The maximum Gasteiger partial charge on any atom is 0.328 e. The zero-order valence-corrected chi connectivity index (χ0v) is 17.4. The second-order valence-electron chi connectivity index (χ2n) is 6.83. The Bertz CT molecular complexity index is 1070. The lowest BCUT2D eigenvalue weighted by atomic mass is 9.93. The summed E-state index contributed by atoms with van der Waals surface area (Å²) in [5, 5.41) is 3.26. The second kappa shape index (κ2) is 8.35. The van der Waals surface area contributed by atoms with E-state index in [9.17, 15) is 9.59 Å². The van der Waals surface area contributed by atoms with Crippen molar-refractivity contribution in [2.75, 3.05) is 7.11 Å². The number of hydrogen-bond acceptors (Lipinski definition) is 5. The molecule has 2 heterocycles. The number of halogens is 1. The summed E-state index contributed by atoms with van der Waals surface area (Å²) in [5.74, 6) is -0.547. The number of nitrogens with zero attached hydrogens (tertiary/aromatic N) is 2. The van der Waals surface area contributed by atoms with Gasteiger partial charge in [0.2, 0.25) is 5.91 Å². The van der Waals surface area contributed by atoms with Crippen LogP contribution in [0.5, 0.6) is 0 Å². The second-order valence-corrected chi connectivity index (χ2v) is 8.10. The molecule has 5 nitrogen and oxygen atoms in total. The number of ether oxygens (including phenoxy) is 1. The van der Waals surface area contributed by atoms with E-state index in [0.29, 0.717) is 23.7 Å². The van der Waals surface area contributed by atoms with E-state index in [1.54, 1.807) is 4.90 Å². The number of thiazole rings is 1. The monoisotopic (exact) mass is 426 g/mol. The normalized spacial score (nSPS) is 15.7. The van der Waals surface area contributed by atoms with E-state index < -0.39 is 12.0 Å². The molecule has 0 spiro atoms. The third kappa shape index (κ3) is 4.04. The molecule has 1 aromatic heterocycles. The van der Waals surface area contributed by atoms with Crippen LogP contribution >= 0.6 is 22.9 Å². The summed E-state index contributed by atoms with van der Waals surface area (Å²) in [4.78, 5) is 31.6. The topological polar surface area (TPSA) is 59.5 Å². The number of rotatable bonds is 4. The highest BCUT2D eigenvalue weighted by Crippen LogP contribution is 2.31. The van der Waals surface area contributed by atoms with Crippen molar-refractivity contribution in [3.8, 4) is 10.6 Å². The molecule has 29 heavy (non-hydrogen) atoms. The summed E-state index contributed by atoms with van der Waals surface area (Å²) in [6.45, 7) is 0.385. The van der Waals surface area contributed by atoms with E-state index in [-0.39, 0.29) is 12.3 Å². The number of methoxy groups -OCH3 is 1. The lowest BCUT2D eigenvalue weighted by Gasteiger charge is -2.35. The summed E-state index contributed by atoms with van der Waals surface area (Å²) in [7, 11) is 1.35. The van der Waals surface area contributed by atoms with Crippen LogP contribution in [-0.4, -0.2) is 34.9 Å². The lowest BCUT2D eigenvalue weighted by Crippen LogP contribution is -2.49. The first-order valence-corrected chi connectivity index (χ1v) is 10.5. The van der Waals surface area contributed by atoms with Crippen molar-refractivity contribution in [1.82, 2.24) is 9.88 Å². The van der Waals surface area contributed by atoms with Crippen molar-refractivity contribution in [2.24, 2.45) is 0 Å². The summed E-state index contributed by atoms with van der Waals surface area (Å²) in [6, 6.07) is 14.7. The quantitative estimate of drug-likeness (QED) is 0.588. The van der Waals surface area contributed by atoms with Crippen LogP contribution in [0, 0.1) is 0 Å². The van der Waals surface area contributed by atoms with Gasteiger partial charge in [0.15, 0.2) is 0 Å². The Labute approximate surface area is 177 Å². The van der Waals surface area contributed by atoms with Crippen LogP contribution in [0.2, 0.25) is 5.02 Å². The largest absolute Gasteiger partial charge is 0.467 e. The van der Waals surface area contributed by atoms with Gasteiger partial charge in [0.1, 0.15) is 11.0 Å². The third-order valence-corrected chi connectivity index (χ3v) is 6.28. The van der Waals surface area contributed by atoms with Gasteiger partial charge < -0.3 is 9.64 Å². The minimum atomic E-state index is -0.621. The van der Waals surface area contributed by atoms with Gasteiger partial charge in [0.05, 0.1) is 24.2 Å². The third-order valence-electron chi connectivity index (χ3n) is 5.03. The molecule has 0 aliphatic carbocycles. The maximum absolute atomic E-state index is 13.1. The molecule has 0 radical (unpaired) electrons. The van der Waals surface area contributed by atoms with Crippen molar-refractivity contribution in [3.05, 3.63) is 75.8 Å². The average Bonchev–Trinajstić information content (AvgIpc) is 3.20. The number of esters is 1. The van der Waals surface area contributed by atoms with Crippen LogP contribution in [-0.2, 0) is 33.7 Å².